The summed E-state index contributed by atoms with van der Waals surface area (Å²) in [4.78, 5) is 23.6. The van der Waals surface area contributed by atoms with Gasteiger partial charge in [0.05, 0.1) is 45.1 Å². The first-order valence-corrected chi connectivity index (χ1v) is 8.52. The van der Waals surface area contributed by atoms with E-state index in [1.54, 1.807) is 14.2 Å². The Morgan fingerprint density at radius 2 is 1.71 bits per heavy atom. The van der Waals surface area contributed by atoms with E-state index in [4.69, 9.17) is 14.2 Å². The topological polar surface area (TPSA) is 104 Å². The van der Waals surface area contributed by atoms with E-state index >= 15 is 0 Å². The Labute approximate surface area is 163 Å². The van der Waals surface area contributed by atoms with Crippen molar-refractivity contribution in [3.05, 3.63) is 52.1 Å². The number of amides is 1. The van der Waals surface area contributed by atoms with Gasteiger partial charge in [0.25, 0.3) is 11.6 Å². The molecule has 0 saturated carbocycles. The van der Waals surface area contributed by atoms with E-state index in [-0.39, 0.29) is 23.9 Å². The number of hydrogen-bond acceptors (Lipinski definition) is 6. The monoisotopic (exact) mass is 390 g/mol. The molecule has 28 heavy (non-hydrogen) atoms. The molecule has 0 bridgehead atoms. The number of ether oxygens (including phenoxy) is 3. The molecule has 0 radical (unpaired) electrons. The van der Waals surface area contributed by atoms with Gasteiger partial charge in [-0.1, -0.05) is 0 Å². The van der Waals surface area contributed by atoms with Crippen molar-refractivity contribution in [1.82, 2.24) is 0 Å². The average Bonchev–Trinajstić information content (AvgIpc) is 2.67. The molecular formula is C19H24N3O6+. The zero-order chi connectivity index (χ0) is 20.7. The lowest BCUT2D eigenvalue weighted by Gasteiger charge is -2.16. The van der Waals surface area contributed by atoms with Crippen molar-refractivity contribution in [2.75, 3.05) is 40.2 Å². The van der Waals surface area contributed by atoms with Gasteiger partial charge in [-0.2, -0.15) is 0 Å². The summed E-state index contributed by atoms with van der Waals surface area (Å²) >= 11 is 0. The van der Waals surface area contributed by atoms with E-state index in [1.807, 2.05) is 25.2 Å². The van der Waals surface area contributed by atoms with E-state index in [0.29, 0.717) is 23.7 Å². The molecule has 0 aliphatic heterocycles. The molecule has 2 aromatic rings. The average molecular weight is 390 g/mol. The Balaban J connectivity index is 2.00. The molecule has 2 rings (SSSR count). The molecule has 0 saturated heterocycles. The standard InChI is InChI=1S/C19H23N3O6/c1-21(11-13-5-8-16(26-2)18(9-13)28-4)12-19(23)20-15-7-6-14(22(24)25)10-17(15)27-3/h5-10H,11-12H2,1-4H3,(H,20,23)/p+1. The van der Waals surface area contributed by atoms with Gasteiger partial charge >= 0.3 is 0 Å². The van der Waals surface area contributed by atoms with Gasteiger partial charge in [0, 0.05) is 11.6 Å². The molecule has 150 valence electrons. The summed E-state index contributed by atoms with van der Waals surface area (Å²) in [5, 5.41) is 13.6. The number of benzene rings is 2. The van der Waals surface area contributed by atoms with Crippen LogP contribution in [-0.4, -0.2) is 45.8 Å². The van der Waals surface area contributed by atoms with Crippen LogP contribution in [0.4, 0.5) is 11.4 Å². The first kappa shape index (κ1) is 21.0. The second kappa shape index (κ2) is 9.56. The molecule has 9 nitrogen and oxygen atoms in total. The number of carbonyl (C=O) groups excluding carboxylic acids is 1. The van der Waals surface area contributed by atoms with E-state index in [0.717, 1.165) is 10.5 Å². The number of hydrogen-bond donors (Lipinski definition) is 2. The van der Waals surface area contributed by atoms with E-state index in [9.17, 15) is 14.9 Å². The van der Waals surface area contributed by atoms with Crippen molar-refractivity contribution in [3.8, 4) is 17.2 Å². The summed E-state index contributed by atoms with van der Waals surface area (Å²) in [6.45, 7) is 0.805. The lowest BCUT2D eigenvalue weighted by Crippen LogP contribution is -3.08. The van der Waals surface area contributed by atoms with Gasteiger partial charge in [0.2, 0.25) is 0 Å². The molecular weight excluding hydrogens is 366 g/mol. The molecule has 1 unspecified atom stereocenters. The highest BCUT2D eigenvalue weighted by Crippen LogP contribution is 2.29. The van der Waals surface area contributed by atoms with Gasteiger partial charge < -0.3 is 24.4 Å². The Morgan fingerprint density at radius 3 is 2.32 bits per heavy atom. The molecule has 1 amide bonds. The molecule has 9 heteroatoms. The van der Waals surface area contributed by atoms with Gasteiger partial charge in [0.1, 0.15) is 12.3 Å². The number of anilines is 1. The first-order chi connectivity index (χ1) is 13.4. The summed E-state index contributed by atoms with van der Waals surface area (Å²) in [6, 6.07) is 9.66. The predicted molar refractivity (Wildman–Crippen MR) is 103 cm³/mol. The molecule has 0 aliphatic rings. The van der Waals surface area contributed by atoms with Gasteiger partial charge in [-0.3, -0.25) is 14.9 Å². The molecule has 0 spiro atoms. The van der Waals surface area contributed by atoms with Crippen molar-refractivity contribution >= 4 is 17.3 Å². The van der Waals surface area contributed by atoms with Crippen LogP contribution in [0.3, 0.4) is 0 Å². The Morgan fingerprint density at radius 1 is 1.04 bits per heavy atom. The van der Waals surface area contributed by atoms with E-state index < -0.39 is 4.92 Å². The zero-order valence-electron chi connectivity index (χ0n) is 16.3. The van der Waals surface area contributed by atoms with Crippen LogP contribution in [0.5, 0.6) is 17.2 Å². The third-order valence-corrected chi connectivity index (χ3v) is 4.09. The van der Waals surface area contributed by atoms with Crippen LogP contribution in [-0.2, 0) is 11.3 Å². The van der Waals surface area contributed by atoms with Crippen LogP contribution < -0.4 is 24.4 Å². The van der Waals surface area contributed by atoms with Gasteiger partial charge in [-0.25, -0.2) is 0 Å². The number of rotatable bonds is 9. The van der Waals surface area contributed by atoms with Crippen molar-refractivity contribution in [2.24, 2.45) is 0 Å². The summed E-state index contributed by atoms with van der Waals surface area (Å²) in [6.07, 6.45) is 0. The lowest BCUT2D eigenvalue weighted by molar-refractivity contribution is -0.885. The maximum Gasteiger partial charge on any atom is 0.279 e. The van der Waals surface area contributed by atoms with Crippen LogP contribution in [0.25, 0.3) is 0 Å². The Kier molecular flexibility index (Phi) is 7.16. The number of non-ortho nitro benzene ring substituents is 1. The number of nitro groups is 1. The predicted octanol–water partition coefficient (Wildman–Crippen LogP) is 1.27. The van der Waals surface area contributed by atoms with Gasteiger partial charge in [-0.15, -0.1) is 0 Å². The second-order valence-electron chi connectivity index (χ2n) is 6.19. The maximum absolute atomic E-state index is 12.4. The number of nitro benzene ring substituents is 1. The van der Waals surface area contributed by atoms with Crippen molar-refractivity contribution in [2.45, 2.75) is 6.54 Å². The Hall–Kier alpha value is -3.33. The van der Waals surface area contributed by atoms with Crippen LogP contribution >= 0.6 is 0 Å². The van der Waals surface area contributed by atoms with E-state index in [1.165, 1.54) is 25.3 Å². The number of likely N-dealkylation sites (N-methyl/N-ethyl adjacent to an activating group) is 1. The van der Waals surface area contributed by atoms with Crippen LogP contribution in [0.1, 0.15) is 5.56 Å². The maximum atomic E-state index is 12.4. The smallest absolute Gasteiger partial charge is 0.279 e. The number of carbonyl (C=O) groups is 1. The molecule has 0 fully saturated rings. The molecule has 0 heterocycles. The first-order valence-electron chi connectivity index (χ1n) is 8.52. The fraction of sp³-hybridized carbons (Fsp3) is 0.316. The molecule has 0 aromatic heterocycles. The fourth-order valence-electron chi connectivity index (χ4n) is 2.77. The minimum Gasteiger partial charge on any atom is -0.494 e. The largest absolute Gasteiger partial charge is 0.494 e. The highest BCUT2D eigenvalue weighted by atomic mass is 16.6. The van der Waals surface area contributed by atoms with E-state index in [2.05, 4.69) is 5.32 Å². The van der Waals surface area contributed by atoms with Crippen LogP contribution in [0, 0.1) is 10.1 Å². The quantitative estimate of drug-likeness (QED) is 0.494. The van der Waals surface area contributed by atoms with Crippen LogP contribution in [0.15, 0.2) is 36.4 Å². The molecule has 2 aromatic carbocycles. The minimum absolute atomic E-state index is 0.106. The lowest BCUT2D eigenvalue weighted by atomic mass is 10.2. The van der Waals surface area contributed by atoms with Crippen molar-refractivity contribution in [3.63, 3.8) is 0 Å². The number of nitrogens with one attached hydrogen (secondary N) is 2. The normalized spacial score (nSPS) is 11.4. The van der Waals surface area contributed by atoms with Gasteiger partial charge in [-0.05, 0) is 24.3 Å². The zero-order valence-corrected chi connectivity index (χ0v) is 16.3. The highest BCUT2D eigenvalue weighted by molar-refractivity contribution is 5.93. The van der Waals surface area contributed by atoms with Gasteiger partial charge in [0.15, 0.2) is 18.0 Å². The molecule has 0 aliphatic carbocycles. The summed E-state index contributed by atoms with van der Waals surface area (Å²) < 4.78 is 15.7. The summed E-state index contributed by atoms with van der Waals surface area (Å²) in [7, 11) is 6.43. The molecule has 1 atom stereocenters. The fourth-order valence-corrected chi connectivity index (χ4v) is 2.77. The minimum atomic E-state index is -0.519. The second-order valence-corrected chi connectivity index (χ2v) is 6.19. The third kappa shape index (κ3) is 5.34. The molecule has 2 N–H and O–H groups in total. The Bertz CT molecular complexity index is 856. The van der Waals surface area contributed by atoms with Crippen LogP contribution in [0.2, 0.25) is 0 Å². The summed E-state index contributed by atoms with van der Waals surface area (Å²) in [5.41, 5.74) is 1.28. The van der Waals surface area contributed by atoms with Crippen molar-refractivity contribution in [1.29, 1.82) is 0 Å². The summed E-state index contributed by atoms with van der Waals surface area (Å²) in [5.74, 6) is 1.28. The van der Waals surface area contributed by atoms with Crippen molar-refractivity contribution < 1.29 is 28.8 Å². The number of methoxy groups -OCH3 is 3. The number of quaternary nitrogens is 1. The third-order valence-electron chi connectivity index (χ3n) is 4.09. The SMILES string of the molecule is COc1cc([N+](=O)[O-])ccc1NC(=O)C[NH+](C)Cc1ccc(OC)c(OC)c1. The highest BCUT2D eigenvalue weighted by Gasteiger charge is 2.16. The number of nitrogens with zero attached hydrogens (tertiary/aromatic N) is 1.